The Bertz CT molecular complexity index is 1230. The van der Waals surface area contributed by atoms with E-state index >= 15 is 0 Å². The monoisotopic (exact) mass is 448 g/mol. The van der Waals surface area contributed by atoms with Gasteiger partial charge in [0.05, 0.1) is 45.6 Å². The zero-order chi connectivity index (χ0) is 23.3. The highest BCUT2D eigenvalue weighted by atomic mass is 14.8. The lowest BCUT2D eigenvalue weighted by Gasteiger charge is -2.13. The number of unbranched alkanes of at least 4 members (excludes halogenated alkanes) is 5. The van der Waals surface area contributed by atoms with Crippen LogP contribution < -0.4 is 0 Å². The first-order chi connectivity index (χ1) is 16.7. The Hall–Kier alpha value is -3.40. The molecule has 0 aromatic carbocycles. The van der Waals surface area contributed by atoms with Gasteiger partial charge in [-0.15, -0.1) is 0 Å². The van der Waals surface area contributed by atoms with Crippen LogP contribution in [-0.2, 0) is 0 Å². The third-order valence-electron chi connectivity index (χ3n) is 6.59. The van der Waals surface area contributed by atoms with Crippen LogP contribution in [0.5, 0.6) is 0 Å². The van der Waals surface area contributed by atoms with E-state index in [0.717, 1.165) is 45.6 Å². The molecular weight excluding hydrogens is 416 g/mol. The average molecular weight is 449 g/mol. The second-order valence-electron chi connectivity index (χ2n) is 9.44. The number of rotatable bonds is 8. The SMILES string of the molecule is CCCCCCCCC(C)C1=CC2=CC3=NC(=CC4=NC(=CC5=NC(=CC1=N2)C=C5)C=C4)C=C3. The van der Waals surface area contributed by atoms with Gasteiger partial charge in [-0.1, -0.05) is 52.4 Å². The quantitative estimate of drug-likeness (QED) is 0.349. The van der Waals surface area contributed by atoms with Crippen LogP contribution >= 0.6 is 0 Å². The Morgan fingerprint density at radius 2 is 1.09 bits per heavy atom. The van der Waals surface area contributed by atoms with Gasteiger partial charge in [-0.25, -0.2) is 20.0 Å². The zero-order valence-corrected chi connectivity index (χ0v) is 20.2. The summed E-state index contributed by atoms with van der Waals surface area (Å²) in [6, 6.07) is 0. The van der Waals surface area contributed by atoms with Crippen LogP contribution in [0.25, 0.3) is 0 Å². The Morgan fingerprint density at radius 3 is 1.71 bits per heavy atom. The summed E-state index contributed by atoms with van der Waals surface area (Å²) in [6.07, 6.45) is 31.8. The van der Waals surface area contributed by atoms with Crippen molar-refractivity contribution in [2.75, 3.05) is 0 Å². The van der Waals surface area contributed by atoms with Crippen molar-refractivity contribution < 1.29 is 0 Å². The third-order valence-corrected chi connectivity index (χ3v) is 6.59. The summed E-state index contributed by atoms with van der Waals surface area (Å²) in [6.45, 7) is 4.60. The van der Waals surface area contributed by atoms with E-state index in [4.69, 9.17) is 15.0 Å². The number of aliphatic imine (C=N–C) groups is 4. The van der Waals surface area contributed by atoms with Crippen molar-refractivity contribution >= 4 is 22.8 Å². The number of hydrogen-bond donors (Lipinski definition) is 0. The summed E-state index contributed by atoms with van der Waals surface area (Å²) in [5, 5.41) is 0. The lowest BCUT2D eigenvalue weighted by molar-refractivity contribution is 0.537. The molecule has 0 aromatic heterocycles. The minimum atomic E-state index is 0.457. The smallest absolute Gasteiger partial charge is 0.0693 e. The van der Waals surface area contributed by atoms with E-state index in [1.807, 2.05) is 42.5 Å². The van der Waals surface area contributed by atoms with Crippen molar-refractivity contribution in [1.82, 2.24) is 0 Å². The number of allylic oxidation sites excluding steroid dienone is 12. The Labute approximate surface area is 202 Å². The van der Waals surface area contributed by atoms with Crippen molar-refractivity contribution in [2.45, 2.75) is 58.8 Å². The minimum absolute atomic E-state index is 0.457. The number of hydrogen-bond acceptors (Lipinski definition) is 4. The summed E-state index contributed by atoms with van der Waals surface area (Å²) in [5.41, 5.74) is 8.77. The molecule has 0 aliphatic carbocycles. The van der Waals surface area contributed by atoms with E-state index in [2.05, 4.69) is 43.1 Å². The molecule has 0 aromatic rings. The summed E-state index contributed by atoms with van der Waals surface area (Å²) >= 11 is 0. The fourth-order valence-corrected chi connectivity index (χ4v) is 4.70. The van der Waals surface area contributed by atoms with E-state index in [1.165, 1.54) is 50.5 Å². The van der Waals surface area contributed by atoms with Crippen LogP contribution in [0.15, 0.2) is 115 Å². The average Bonchev–Trinajstić information content (AvgIpc) is 3.61. The molecular formula is C30H32N4. The molecule has 0 saturated heterocycles. The van der Waals surface area contributed by atoms with Gasteiger partial charge in [0.2, 0.25) is 0 Å². The van der Waals surface area contributed by atoms with Crippen molar-refractivity contribution in [2.24, 2.45) is 25.9 Å². The molecule has 5 aliphatic rings. The van der Waals surface area contributed by atoms with Crippen molar-refractivity contribution in [3.63, 3.8) is 0 Å². The molecule has 1 atom stereocenters. The molecule has 0 spiro atoms. The molecule has 0 fully saturated rings. The van der Waals surface area contributed by atoms with E-state index in [9.17, 15) is 0 Å². The summed E-state index contributed by atoms with van der Waals surface area (Å²) in [7, 11) is 0. The molecule has 4 nitrogen and oxygen atoms in total. The van der Waals surface area contributed by atoms with Crippen LogP contribution in [0.2, 0.25) is 0 Å². The highest BCUT2D eigenvalue weighted by Gasteiger charge is 2.21. The molecule has 8 bridgehead atoms. The first-order valence-corrected chi connectivity index (χ1v) is 12.6. The predicted octanol–water partition coefficient (Wildman–Crippen LogP) is 7.34. The minimum Gasteiger partial charge on any atom is -0.249 e. The summed E-state index contributed by atoms with van der Waals surface area (Å²) in [5.74, 6) is 0.457. The molecule has 172 valence electrons. The van der Waals surface area contributed by atoms with E-state index < -0.39 is 0 Å². The second-order valence-corrected chi connectivity index (χ2v) is 9.44. The maximum Gasteiger partial charge on any atom is 0.0693 e. The van der Waals surface area contributed by atoms with Crippen LogP contribution in [0.3, 0.4) is 0 Å². The van der Waals surface area contributed by atoms with Crippen LogP contribution in [0, 0.1) is 5.92 Å². The largest absolute Gasteiger partial charge is 0.249 e. The predicted molar refractivity (Wildman–Crippen MR) is 145 cm³/mol. The third kappa shape index (κ3) is 5.39. The molecule has 0 saturated carbocycles. The fraction of sp³-hybridized carbons (Fsp3) is 0.333. The lowest BCUT2D eigenvalue weighted by atomic mass is 9.91. The Kier molecular flexibility index (Phi) is 6.75. The van der Waals surface area contributed by atoms with Gasteiger partial charge in [0.15, 0.2) is 0 Å². The van der Waals surface area contributed by atoms with Crippen molar-refractivity contribution in [3.05, 3.63) is 95.2 Å². The second kappa shape index (κ2) is 10.3. The molecule has 0 amide bonds. The fourth-order valence-electron chi connectivity index (χ4n) is 4.70. The highest BCUT2D eigenvalue weighted by Crippen LogP contribution is 2.29. The van der Waals surface area contributed by atoms with Gasteiger partial charge in [-0.3, -0.25) is 0 Å². The molecule has 0 N–H and O–H groups in total. The topological polar surface area (TPSA) is 49.4 Å². The first kappa shape index (κ1) is 22.4. The maximum atomic E-state index is 4.98. The first-order valence-electron chi connectivity index (χ1n) is 12.6. The zero-order valence-electron chi connectivity index (χ0n) is 20.2. The lowest BCUT2D eigenvalue weighted by Crippen LogP contribution is -2.07. The van der Waals surface area contributed by atoms with E-state index in [0.29, 0.717) is 5.92 Å². The van der Waals surface area contributed by atoms with E-state index in [-0.39, 0.29) is 0 Å². The summed E-state index contributed by atoms with van der Waals surface area (Å²) < 4.78 is 0. The molecule has 5 heterocycles. The van der Waals surface area contributed by atoms with Gasteiger partial charge in [0.25, 0.3) is 0 Å². The maximum absolute atomic E-state index is 4.98. The van der Waals surface area contributed by atoms with Crippen LogP contribution in [0.4, 0.5) is 0 Å². The van der Waals surface area contributed by atoms with Gasteiger partial charge >= 0.3 is 0 Å². The number of fused-ring (bicyclic) bond motifs is 4. The molecule has 5 rings (SSSR count). The van der Waals surface area contributed by atoms with E-state index in [1.54, 1.807) is 0 Å². The normalized spacial score (nSPS) is 20.8. The van der Waals surface area contributed by atoms with Crippen LogP contribution in [0.1, 0.15) is 58.8 Å². The molecule has 1 unspecified atom stereocenters. The van der Waals surface area contributed by atoms with Gasteiger partial charge < -0.3 is 0 Å². The van der Waals surface area contributed by atoms with Gasteiger partial charge in [-0.2, -0.15) is 0 Å². The summed E-state index contributed by atoms with van der Waals surface area (Å²) in [4.78, 5) is 19.2. The van der Waals surface area contributed by atoms with Crippen molar-refractivity contribution in [1.29, 1.82) is 0 Å². The Balaban J connectivity index is 1.42. The molecule has 4 heteroatoms. The molecule has 0 radical (unpaired) electrons. The van der Waals surface area contributed by atoms with Gasteiger partial charge in [0, 0.05) is 0 Å². The molecule has 5 aliphatic heterocycles. The molecule has 34 heavy (non-hydrogen) atoms. The van der Waals surface area contributed by atoms with Gasteiger partial charge in [-0.05, 0) is 84.7 Å². The van der Waals surface area contributed by atoms with Crippen LogP contribution in [-0.4, -0.2) is 22.8 Å². The standard InChI is InChI=1S/C30H32N4/c1-3-4-5-6-7-8-9-21(2)29-19-28-18-26-13-12-24(32-26)16-22-10-11-23(31-22)17-25-14-15-27(33-25)20-30(29)34-28/h10-21H,3-9H2,1-2H3. The number of nitrogens with zero attached hydrogens (tertiary/aromatic N) is 4. The Morgan fingerprint density at radius 1 is 0.559 bits per heavy atom. The van der Waals surface area contributed by atoms with Gasteiger partial charge in [0.1, 0.15) is 0 Å². The van der Waals surface area contributed by atoms with Crippen molar-refractivity contribution in [3.8, 4) is 0 Å². The highest BCUT2D eigenvalue weighted by molar-refractivity contribution is 6.16.